The van der Waals surface area contributed by atoms with Crippen LogP contribution in [0.25, 0.3) is 0 Å². The SMILES string of the molecule is O=S(=O)(OI(c1ccccc1)C(F)(F)C(F)(F)C(F)(F)C(F)(F)C(F)(F)C(F)(F)C(F)(F)F)C(F)(F)F. The second kappa shape index (κ2) is 9.36. The van der Waals surface area contributed by atoms with Crippen LogP contribution in [0, 0.1) is 3.57 Å². The average molecular weight is 722 g/mol. The van der Waals surface area contributed by atoms with Crippen LogP contribution < -0.4 is 0 Å². The van der Waals surface area contributed by atoms with Crippen molar-refractivity contribution in [1.82, 2.24) is 0 Å². The van der Waals surface area contributed by atoms with E-state index in [4.69, 9.17) is 0 Å². The molecule has 0 saturated carbocycles. The topological polar surface area (TPSA) is 43.4 Å². The normalized spacial score (nSPS) is 16.1. The third kappa shape index (κ3) is 5.14. The third-order valence-corrected chi connectivity index (χ3v) is 11.0. The summed E-state index contributed by atoms with van der Waals surface area (Å²) in [6, 6.07) is 1.76. The second-order valence-corrected chi connectivity index (χ2v) is 13.0. The van der Waals surface area contributed by atoms with Crippen molar-refractivity contribution >= 4 is 30.4 Å². The third-order valence-electron chi connectivity index (χ3n) is 3.87. The molecule has 0 aliphatic carbocycles. The molecule has 0 N–H and O–H groups in total. The zero-order chi connectivity index (χ0) is 29.9. The fourth-order valence-corrected chi connectivity index (χ4v) is 8.44. The van der Waals surface area contributed by atoms with E-state index in [1.165, 1.54) is 0 Å². The monoisotopic (exact) mass is 722 g/mol. The van der Waals surface area contributed by atoms with E-state index in [2.05, 4.69) is 2.51 Å². The Hall–Kier alpha value is -1.40. The first kappa shape index (κ1) is 33.6. The summed E-state index contributed by atoms with van der Waals surface area (Å²) in [5.41, 5.74) is -6.74. The maximum absolute atomic E-state index is 14.5. The summed E-state index contributed by atoms with van der Waals surface area (Å²) in [4.78, 5) is 0. The number of alkyl halides is 19. The van der Waals surface area contributed by atoms with Crippen molar-refractivity contribution in [2.24, 2.45) is 0 Å². The number of halogens is 19. The van der Waals surface area contributed by atoms with E-state index < -0.39 is 79.1 Å². The van der Waals surface area contributed by atoms with Gasteiger partial charge in [0.15, 0.2) is 0 Å². The Bertz CT molecular complexity index is 1060. The first-order valence-electron chi connectivity index (χ1n) is 8.05. The molecule has 0 aliphatic rings. The molecule has 3 nitrogen and oxygen atoms in total. The van der Waals surface area contributed by atoms with Crippen LogP contribution in [-0.4, -0.2) is 53.6 Å². The van der Waals surface area contributed by atoms with Crippen molar-refractivity contribution in [2.75, 3.05) is 0 Å². The van der Waals surface area contributed by atoms with Crippen molar-refractivity contribution in [2.45, 2.75) is 45.2 Å². The van der Waals surface area contributed by atoms with Gasteiger partial charge >= 0.3 is 199 Å². The van der Waals surface area contributed by atoms with Gasteiger partial charge in [0.1, 0.15) is 0 Å². The van der Waals surface area contributed by atoms with Gasteiger partial charge in [-0.1, -0.05) is 0 Å². The Morgan fingerprint density at radius 3 is 1.24 bits per heavy atom. The fourth-order valence-electron chi connectivity index (χ4n) is 1.92. The summed E-state index contributed by atoms with van der Waals surface area (Å²) in [6.45, 7) is 0. The van der Waals surface area contributed by atoms with Gasteiger partial charge in [0.2, 0.25) is 0 Å². The summed E-state index contributed by atoms with van der Waals surface area (Å²) < 4.78 is 254. The zero-order valence-corrected chi connectivity index (χ0v) is 19.2. The van der Waals surface area contributed by atoms with Crippen molar-refractivity contribution in [3.05, 3.63) is 33.9 Å². The fraction of sp³-hybridized carbons (Fsp3) is 0.571. The minimum atomic E-state index is -8.70. The van der Waals surface area contributed by atoms with Gasteiger partial charge in [0.25, 0.3) is 0 Å². The van der Waals surface area contributed by atoms with E-state index in [-0.39, 0.29) is 12.1 Å². The molecule has 23 heteroatoms. The van der Waals surface area contributed by atoms with Crippen molar-refractivity contribution in [3.63, 3.8) is 0 Å². The van der Waals surface area contributed by atoms with E-state index >= 15 is 0 Å². The molecule has 0 unspecified atom stereocenters. The molecule has 1 aromatic carbocycles. The number of benzene rings is 1. The first-order valence-corrected chi connectivity index (χ1v) is 12.5. The Kier molecular flexibility index (Phi) is 8.51. The van der Waals surface area contributed by atoms with Gasteiger partial charge < -0.3 is 0 Å². The molecule has 0 bridgehead atoms. The Morgan fingerprint density at radius 1 is 0.541 bits per heavy atom. The molecule has 0 aliphatic heterocycles. The van der Waals surface area contributed by atoms with Crippen LogP contribution in [0.15, 0.2) is 30.3 Å². The van der Waals surface area contributed by atoms with Crippen LogP contribution in [0.4, 0.5) is 79.0 Å². The molecule has 0 amide bonds. The molecule has 0 heterocycles. The van der Waals surface area contributed by atoms with Crippen molar-refractivity contribution in [3.8, 4) is 0 Å². The molecular weight excluding hydrogens is 717 g/mol. The van der Waals surface area contributed by atoms with Crippen LogP contribution >= 0.6 is 20.2 Å². The summed E-state index contributed by atoms with van der Waals surface area (Å²) >= 11 is -7.05. The van der Waals surface area contributed by atoms with E-state index in [0.29, 0.717) is 12.1 Å². The zero-order valence-electron chi connectivity index (χ0n) is 16.2. The van der Waals surface area contributed by atoms with Gasteiger partial charge in [-0.3, -0.25) is 0 Å². The van der Waals surface area contributed by atoms with Gasteiger partial charge in [-0.25, -0.2) is 0 Å². The van der Waals surface area contributed by atoms with Crippen LogP contribution in [0.3, 0.4) is 0 Å². The summed E-state index contributed by atoms with van der Waals surface area (Å²) in [5.74, 6) is -42.4. The van der Waals surface area contributed by atoms with Gasteiger partial charge in [-0.15, -0.1) is 0 Å². The quantitative estimate of drug-likeness (QED) is 0.115. The molecular formula is C14H5F18IO3S. The number of hydrogen-bond acceptors (Lipinski definition) is 3. The predicted octanol–water partition coefficient (Wildman–Crippen LogP) is 7.48. The van der Waals surface area contributed by atoms with E-state index in [0.717, 1.165) is 6.07 Å². The molecule has 1 aromatic rings. The maximum atomic E-state index is 14.5. The molecule has 218 valence electrons. The Morgan fingerprint density at radius 2 is 0.892 bits per heavy atom. The van der Waals surface area contributed by atoms with Gasteiger partial charge in [-0.05, 0) is 0 Å². The number of hydrogen-bond donors (Lipinski definition) is 0. The molecule has 0 radical (unpaired) electrons. The summed E-state index contributed by atoms with van der Waals surface area (Å²) in [5, 5.41) is 0. The van der Waals surface area contributed by atoms with Gasteiger partial charge in [0, 0.05) is 0 Å². The molecule has 0 spiro atoms. The predicted molar refractivity (Wildman–Crippen MR) is 91.0 cm³/mol. The van der Waals surface area contributed by atoms with Crippen LogP contribution in [0.2, 0.25) is 0 Å². The molecule has 0 aromatic heterocycles. The first-order chi connectivity index (χ1) is 16.0. The van der Waals surface area contributed by atoms with Crippen LogP contribution in [0.1, 0.15) is 0 Å². The van der Waals surface area contributed by atoms with E-state index in [1.807, 2.05) is 0 Å². The summed E-state index contributed by atoms with van der Waals surface area (Å²) in [7, 11) is -7.43. The Balaban J connectivity index is 3.87. The van der Waals surface area contributed by atoms with Gasteiger partial charge in [0.05, 0.1) is 0 Å². The molecule has 0 atom stereocenters. The molecule has 37 heavy (non-hydrogen) atoms. The molecule has 1 rings (SSSR count). The van der Waals surface area contributed by atoms with Crippen molar-refractivity contribution in [1.29, 1.82) is 0 Å². The number of rotatable bonds is 9. The average Bonchev–Trinajstić information content (AvgIpc) is 2.70. The van der Waals surface area contributed by atoms with E-state index in [1.54, 1.807) is 0 Å². The van der Waals surface area contributed by atoms with Crippen molar-refractivity contribution < 1.29 is 90.0 Å². The van der Waals surface area contributed by atoms with E-state index in [9.17, 15) is 87.4 Å². The second-order valence-electron chi connectivity index (χ2n) is 6.37. The summed E-state index contributed by atoms with van der Waals surface area (Å²) in [6.07, 6.45) is -7.85. The van der Waals surface area contributed by atoms with Crippen LogP contribution in [-0.2, 0) is 12.6 Å². The molecule has 0 saturated heterocycles. The van der Waals surface area contributed by atoms with Gasteiger partial charge in [-0.2, -0.15) is 0 Å². The Labute approximate surface area is 199 Å². The molecule has 0 fully saturated rings. The minimum absolute atomic E-state index is 0.0312. The standard InChI is InChI=1S/C14H5F18IO3S/c15-7(16,8(17,18)10(21,22)12(25,26)27)9(19,20)11(23,24)13(28,29)33(6-4-2-1-3-5-6)36-37(34,35)14(30,31)32/h1-5H. The van der Waals surface area contributed by atoms with Crippen LogP contribution in [0.5, 0.6) is 0 Å².